The van der Waals surface area contributed by atoms with Crippen molar-refractivity contribution in [2.45, 2.75) is 52.5 Å². The highest BCUT2D eigenvalue weighted by Gasteiger charge is 2.40. The molecule has 1 aliphatic rings. The van der Waals surface area contributed by atoms with Crippen LogP contribution in [0.4, 0.5) is 0 Å². The highest BCUT2D eigenvalue weighted by atomic mass is 15.3. The van der Waals surface area contributed by atoms with Gasteiger partial charge in [-0.2, -0.15) is 5.10 Å². The fourth-order valence-electron chi connectivity index (χ4n) is 2.48. The van der Waals surface area contributed by atoms with Gasteiger partial charge in [0, 0.05) is 12.2 Å². The van der Waals surface area contributed by atoms with Crippen molar-refractivity contribution >= 4 is 0 Å². The Balaban J connectivity index is 2.05. The van der Waals surface area contributed by atoms with Crippen LogP contribution in [-0.4, -0.2) is 16.3 Å². The number of nitrogens with zero attached hydrogens (tertiary/aromatic N) is 2. The molecule has 2 N–H and O–H groups in total. The van der Waals surface area contributed by atoms with Crippen molar-refractivity contribution in [2.75, 3.05) is 6.54 Å². The SMILES string of the molecule is CCC(C)n1ccc(CC(C)(CN)C2CC2)n1. The maximum Gasteiger partial charge on any atom is 0.0630 e. The summed E-state index contributed by atoms with van der Waals surface area (Å²) >= 11 is 0. The molecule has 3 nitrogen and oxygen atoms in total. The first-order valence-corrected chi connectivity index (χ1v) is 6.83. The van der Waals surface area contributed by atoms with Gasteiger partial charge in [-0.3, -0.25) is 4.68 Å². The van der Waals surface area contributed by atoms with Crippen molar-refractivity contribution in [1.29, 1.82) is 0 Å². The second kappa shape index (κ2) is 4.81. The molecule has 0 saturated heterocycles. The lowest BCUT2D eigenvalue weighted by atomic mass is 9.80. The number of nitrogens with two attached hydrogens (primary N) is 1. The van der Waals surface area contributed by atoms with Gasteiger partial charge in [-0.1, -0.05) is 13.8 Å². The molecule has 0 aliphatic heterocycles. The number of hydrogen-bond acceptors (Lipinski definition) is 2. The number of aromatic nitrogens is 2. The quantitative estimate of drug-likeness (QED) is 0.824. The molecule has 2 rings (SSSR count). The first-order valence-electron chi connectivity index (χ1n) is 6.83. The Bertz CT molecular complexity index is 367. The Labute approximate surface area is 104 Å². The molecule has 0 spiro atoms. The van der Waals surface area contributed by atoms with Crippen molar-refractivity contribution in [3.63, 3.8) is 0 Å². The van der Waals surface area contributed by atoms with Gasteiger partial charge in [0.1, 0.15) is 0 Å². The predicted molar refractivity (Wildman–Crippen MR) is 70.8 cm³/mol. The van der Waals surface area contributed by atoms with Crippen LogP contribution in [-0.2, 0) is 6.42 Å². The third-order valence-electron chi connectivity index (χ3n) is 4.32. The molecule has 17 heavy (non-hydrogen) atoms. The summed E-state index contributed by atoms with van der Waals surface area (Å²) < 4.78 is 2.08. The van der Waals surface area contributed by atoms with E-state index in [0.29, 0.717) is 6.04 Å². The minimum atomic E-state index is 0.259. The third kappa shape index (κ3) is 2.71. The summed E-state index contributed by atoms with van der Waals surface area (Å²) in [5.41, 5.74) is 7.41. The predicted octanol–water partition coefficient (Wildman–Crippen LogP) is 2.77. The van der Waals surface area contributed by atoms with E-state index in [2.05, 4.69) is 42.8 Å². The molecular formula is C14H25N3. The molecule has 0 radical (unpaired) electrons. The Morgan fingerprint density at radius 3 is 2.82 bits per heavy atom. The van der Waals surface area contributed by atoms with Crippen LogP contribution in [0.25, 0.3) is 0 Å². The summed E-state index contributed by atoms with van der Waals surface area (Å²) in [5.74, 6) is 0.821. The van der Waals surface area contributed by atoms with Crippen molar-refractivity contribution in [3.8, 4) is 0 Å². The molecule has 96 valence electrons. The molecule has 1 aliphatic carbocycles. The molecule has 1 aromatic heterocycles. The first-order chi connectivity index (χ1) is 8.09. The second-order valence-corrected chi connectivity index (χ2v) is 5.85. The van der Waals surface area contributed by atoms with Gasteiger partial charge in [0.15, 0.2) is 0 Å². The molecule has 3 heteroatoms. The lowest BCUT2D eigenvalue weighted by Crippen LogP contribution is -2.32. The zero-order valence-corrected chi connectivity index (χ0v) is 11.3. The Kier molecular flexibility index (Phi) is 3.57. The van der Waals surface area contributed by atoms with E-state index in [1.165, 1.54) is 18.5 Å². The fourth-order valence-corrected chi connectivity index (χ4v) is 2.48. The zero-order chi connectivity index (χ0) is 12.5. The zero-order valence-electron chi connectivity index (χ0n) is 11.3. The summed E-state index contributed by atoms with van der Waals surface area (Å²) in [6.45, 7) is 7.49. The molecule has 1 saturated carbocycles. The minimum absolute atomic E-state index is 0.259. The molecular weight excluding hydrogens is 210 g/mol. The van der Waals surface area contributed by atoms with E-state index in [0.717, 1.165) is 25.3 Å². The molecule has 0 amide bonds. The van der Waals surface area contributed by atoms with Crippen LogP contribution in [0.15, 0.2) is 12.3 Å². The van der Waals surface area contributed by atoms with Crippen molar-refractivity contribution in [2.24, 2.45) is 17.1 Å². The minimum Gasteiger partial charge on any atom is -0.330 e. The molecule has 0 bridgehead atoms. The van der Waals surface area contributed by atoms with E-state index >= 15 is 0 Å². The van der Waals surface area contributed by atoms with E-state index in [1.807, 2.05) is 0 Å². The van der Waals surface area contributed by atoms with E-state index in [1.54, 1.807) is 0 Å². The smallest absolute Gasteiger partial charge is 0.0630 e. The van der Waals surface area contributed by atoms with Crippen LogP contribution in [0.2, 0.25) is 0 Å². The van der Waals surface area contributed by atoms with Gasteiger partial charge in [-0.05, 0) is 56.6 Å². The van der Waals surface area contributed by atoms with Gasteiger partial charge in [-0.25, -0.2) is 0 Å². The summed E-state index contributed by atoms with van der Waals surface area (Å²) in [6, 6.07) is 2.65. The van der Waals surface area contributed by atoms with Crippen molar-refractivity contribution in [3.05, 3.63) is 18.0 Å². The molecule has 1 aromatic rings. The summed E-state index contributed by atoms with van der Waals surface area (Å²) in [6.07, 6.45) is 6.95. The molecule has 2 atom stereocenters. The van der Waals surface area contributed by atoms with Gasteiger partial charge >= 0.3 is 0 Å². The number of hydrogen-bond donors (Lipinski definition) is 1. The van der Waals surface area contributed by atoms with E-state index in [-0.39, 0.29) is 5.41 Å². The van der Waals surface area contributed by atoms with Crippen LogP contribution < -0.4 is 5.73 Å². The fraction of sp³-hybridized carbons (Fsp3) is 0.786. The first kappa shape index (κ1) is 12.6. The highest BCUT2D eigenvalue weighted by Crippen LogP contribution is 2.46. The van der Waals surface area contributed by atoms with Crippen LogP contribution in [0.3, 0.4) is 0 Å². The van der Waals surface area contributed by atoms with Gasteiger partial charge in [0.05, 0.1) is 5.69 Å². The molecule has 1 heterocycles. The average molecular weight is 235 g/mol. The van der Waals surface area contributed by atoms with Crippen LogP contribution in [0.5, 0.6) is 0 Å². The standard InChI is InChI=1S/C14H25N3/c1-4-11(2)17-8-7-13(16-17)9-14(3,10-15)12-5-6-12/h7-8,11-12H,4-6,9-10,15H2,1-3H3. The average Bonchev–Trinajstić information content (AvgIpc) is 3.10. The summed E-state index contributed by atoms with van der Waals surface area (Å²) in [5, 5.41) is 4.69. The van der Waals surface area contributed by atoms with E-state index < -0.39 is 0 Å². The van der Waals surface area contributed by atoms with Gasteiger partial charge in [0.2, 0.25) is 0 Å². The summed E-state index contributed by atoms with van der Waals surface area (Å²) in [7, 11) is 0. The van der Waals surface area contributed by atoms with Gasteiger partial charge in [0.25, 0.3) is 0 Å². The summed E-state index contributed by atoms with van der Waals surface area (Å²) in [4.78, 5) is 0. The lowest BCUT2D eigenvalue weighted by Gasteiger charge is -2.27. The third-order valence-corrected chi connectivity index (χ3v) is 4.32. The number of rotatable bonds is 6. The van der Waals surface area contributed by atoms with Crippen LogP contribution >= 0.6 is 0 Å². The van der Waals surface area contributed by atoms with Gasteiger partial charge < -0.3 is 5.73 Å². The maximum absolute atomic E-state index is 5.95. The van der Waals surface area contributed by atoms with Crippen molar-refractivity contribution < 1.29 is 0 Å². The van der Waals surface area contributed by atoms with Crippen molar-refractivity contribution in [1.82, 2.24) is 9.78 Å². The monoisotopic (exact) mass is 235 g/mol. The van der Waals surface area contributed by atoms with Gasteiger partial charge in [-0.15, -0.1) is 0 Å². The Morgan fingerprint density at radius 1 is 1.59 bits per heavy atom. The lowest BCUT2D eigenvalue weighted by molar-refractivity contribution is 0.277. The van der Waals surface area contributed by atoms with E-state index in [9.17, 15) is 0 Å². The maximum atomic E-state index is 5.95. The molecule has 1 fully saturated rings. The second-order valence-electron chi connectivity index (χ2n) is 5.85. The van der Waals surface area contributed by atoms with Crippen LogP contribution in [0.1, 0.15) is 51.8 Å². The Morgan fingerprint density at radius 2 is 2.29 bits per heavy atom. The normalized spacial score (nSPS) is 21.2. The highest BCUT2D eigenvalue weighted by molar-refractivity contribution is 5.06. The van der Waals surface area contributed by atoms with Crippen LogP contribution in [0, 0.1) is 11.3 Å². The Hall–Kier alpha value is -0.830. The largest absolute Gasteiger partial charge is 0.330 e. The van der Waals surface area contributed by atoms with E-state index in [4.69, 9.17) is 5.73 Å². The molecule has 0 aromatic carbocycles. The topological polar surface area (TPSA) is 43.8 Å². The molecule has 2 unspecified atom stereocenters.